The summed E-state index contributed by atoms with van der Waals surface area (Å²) in [6.07, 6.45) is 4.09. The lowest BCUT2D eigenvalue weighted by Gasteiger charge is -2.29. The Morgan fingerprint density at radius 3 is 2.50 bits per heavy atom. The van der Waals surface area contributed by atoms with Gasteiger partial charge < -0.3 is 15.5 Å². The number of hydrogen-bond donors (Lipinski definition) is 2. The summed E-state index contributed by atoms with van der Waals surface area (Å²) < 4.78 is 0. The summed E-state index contributed by atoms with van der Waals surface area (Å²) in [6.45, 7) is 10.7. The summed E-state index contributed by atoms with van der Waals surface area (Å²) in [5.74, 6) is 1.02. The molecule has 0 aliphatic carbocycles. The third kappa shape index (κ3) is 5.70. The molecule has 6 nitrogen and oxygen atoms in total. The summed E-state index contributed by atoms with van der Waals surface area (Å²) in [4.78, 5) is 24.8. The summed E-state index contributed by atoms with van der Waals surface area (Å²) in [5.41, 5.74) is 8.01. The Balaban J connectivity index is 1.35. The van der Waals surface area contributed by atoms with Gasteiger partial charge in [-0.3, -0.25) is 4.79 Å². The highest BCUT2D eigenvalue weighted by Crippen LogP contribution is 2.29. The number of amides is 1. The van der Waals surface area contributed by atoms with E-state index in [1.165, 1.54) is 11.1 Å². The minimum Gasteiger partial charge on any atom is -0.351 e. The number of anilines is 2. The highest BCUT2D eigenvalue weighted by atomic mass is 16.1. The number of carbonyl (C=O) groups excluding carboxylic acids is 1. The smallest absolute Gasteiger partial charge is 0.255 e. The second kappa shape index (κ2) is 10.9. The molecule has 3 aromatic carbocycles. The second-order valence-electron chi connectivity index (χ2n) is 10.9. The van der Waals surface area contributed by atoms with Crippen LogP contribution < -0.4 is 10.6 Å². The predicted molar refractivity (Wildman–Crippen MR) is 157 cm³/mol. The van der Waals surface area contributed by atoms with E-state index in [9.17, 15) is 4.79 Å². The van der Waals surface area contributed by atoms with E-state index < -0.39 is 0 Å². The third-order valence-electron chi connectivity index (χ3n) is 7.59. The largest absolute Gasteiger partial charge is 0.351 e. The van der Waals surface area contributed by atoms with Crippen molar-refractivity contribution in [1.82, 2.24) is 14.9 Å². The number of benzene rings is 3. The van der Waals surface area contributed by atoms with E-state index in [2.05, 4.69) is 73.5 Å². The molecule has 5 rings (SSSR count). The van der Waals surface area contributed by atoms with Crippen molar-refractivity contribution in [3.8, 4) is 11.1 Å². The first-order valence-corrected chi connectivity index (χ1v) is 13.5. The number of nitrogens with one attached hydrogen (secondary N) is 2. The number of aromatic nitrogens is 2. The molecular formula is C32H37N5O. The van der Waals surface area contributed by atoms with Gasteiger partial charge in [0.2, 0.25) is 5.95 Å². The Morgan fingerprint density at radius 2 is 1.76 bits per heavy atom. The number of hydrogen-bond acceptors (Lipinski definition) is 5. The number of piperidine rings is 1. The van der Waals surface area contributed by atoms with Crippen molar-refractivity contribution in [3.05, 3.63) is 83.0 Å². The second-order valence-corrected chi connectivity index (χ2v) is 10.9. The van der Waals surface area contributed by atoms with E-state index in [1.807, 2.05) is 42.6 Å². The van der Waals surface area contributed by atoms with E-state index in [4.69, 9.17) is 4.98 Å². The van der Waals surface area contributed by atoms with Crippen molar-refractivity contribution < 1.29 is 4.79 Å². The maximum absolute atomic E-state index is 13.1. The lowest BCUT2D eigenvalue weighted by atomic mass is 9.96. The van der Waals surface area contributed by atoms with E-state index in [0.717, 1.165) is 59.2 Å². The van der Waals surface area contributed by atoms with Crippen LogP contribution in [0.25, 0.3) is 22.0 Å². The topological polar surface area (TPSA) is 70.2 Å². The normalized spacial score (nSPS) is 14.7. The number of nitrogens with zero attached hydrogens (tertiary/aromatic N) is 3. The van der Waals surface area contributed by atoms with Crippen LogP contribution in [0.4, 0.5) is 11.6 Å². The van der Waals surface area contributed by atoms with Gasteiger partial charge in [-0.05, 0) is 117 Å². The van der Waals surface area contributed by atoms with Gasteiger partial charge in [-0.25, -0.2) is 9.97 Å². The standard InChI is InChI=1S/C32H37N5O/c1-20(2)28-10-9-27(16-22(28)4)34-31(38)24-7-6-21(3)29(18-24)23-8-11-30-25(17-23)19-33-32(36-30)35-26-12-14-37(5)15-13-26/h6-11,16-20,26H,12-15H2,1-5H3,(H,34,38)(H,33,35,36). The molecule has 4 aromatic rings. The van der Waals surface area contributed by atoms with Gasteiger partial charge in [-0.2, -0.15) is 0 Å². The molecule has 196 valence electrons. The molecule has 0 unspecified atom stereocenters. The van der Waals surface area contributed by atoms with Crippen LogP contribution in [0.15, 0.2) is 60.8 Å². The minimum absolute atomic E-state index is 0.114. The number of fused-ring (bicyclic) bond motifs is 1. The first kappa shape index (κ1) is 25.9. The van der Waals surface area contributed by atoms with E-state index in [1.54, 1.807) is 0 Å². The number of carbonyl (C=O) groups is 1. The van der Waals surface area contributed by atoms with E-state index in [-0.39, 0.29) is 5.91 Å². The third-order valence-corrected chi connectivity index (χ3v) is 7.59. The van der Waals surface area contributed by atoms with Gasteiger partial charge >= 0.3 is 0 Å². The van der Waals surface area contributed by atoms with Crippen LogP contribution in [-0.4, -0.2) is 47.0 Å². The SMILES string of the molecule is Cc1ccc(C(=O)Nc2ccc(C(C)C)c(C)c2)cc1-c1ccc2nc(NC3CCN(C)CC3)ncc2c1. The van der Waals surface area contributed by atoms with Crippen LogP contribution >= 0.6 is 0 Å². The quantitative estimate of drug-likeness (QED) is 0.300. The molecule has 1 saturated heterocycles. The average Bonchev–Trinajstić information content (AvgIpc) is 2.90. The Hall–Kier alpha value is -3.77. The van der Waals surface area contributed by atoms with Crippen molar-refractivity contribution in [2.75, 3.05) is 30.8 Å². The zero-order valence-electron chi connectivity index (χ0n) is 23.0. The molecule has 38 heavy (non-hydrogen) atoms. The summed E-state index contributed by atoms with van der Waals surface area (Å²) in [6, 6.07) is 18.6. The fourth-order valence-electron chi connectivity index (χ4n) is 5.28. The van der Waals surface area contributed by atoms with Crippen molar-refractivity contribution in [1.29, 1.82) is 0 Å². The van der Waals surface area contributed by atoms with Crippen LogP contribution in [0.3, 0.4) is 0 Å². The lowest BCUT2D eigenvalue weighted by Crippen LogP contribution is -2.37. The fourth-order valence-corrected chi connectivity index (χ4v) is 5.28. The number of likely N-dealkylation sites (tertiary alicyclic amines) is 1. The highest BCUT2D eigenvalue weighted by molar-refractivity contribution is 6.05. The Kier molecular flexibility index (Phi) is 7.43. The number of aryl methyl sites for hydroxylation is 2. The molecule has 1 amide bonds. The van der Waals surface area contributed by atoms with Gasteiger partial charge in [0.1, 0.15) is 0 Å². The molecule has 0 bridgehead atoms. The van der Waals surface area contributed by atoms with Gasteiger partial charge in [0, 0.05) is 28.9 Å². The Bertz CT molecular complexity index is 1470. The Morgan fingerprint density at radius 1 is 0.974 bits per heavy atom. The van der Waals surface area contributed by atoms with Gasteiger partial charge in [0.15, 0.2) is 0 Å². The van der Waals surface area contributed by atoms with Crippen LogP contribution in [0, 0.1) is 13.8 Å². The molecular weight excluding hydrogens is 470 g/mol. The van der Waals surface area contributed by atoms with Crippen LogP contribution in [0.2, 0.25) is 0 Å². The van der Waals surface area contributed by atoms with Crippen molar-refractivity contribution >= 4 is 28.4 Å². The minimum atomic E-state index is -0.114. The molecule has 0 radical (unpaired) electrons. The first-order valence-electron chi connectivity index (χ1n) is 13.5. The first-order chi connectivity index (χ1) is 18.3. The maximum Gasteiger partial charge on any atom is 0.255 e. The van der Waals surface area contributed by atoms with Crippen LogP contribution in [-0.2, 0) is 0 Å². The van der Waals surface area contributed by atoms with Crippen LogP contribution in [0.5, 0.6) is 0 Å². The highest BCUT2D eigenvalue weighted by Gasteiger charge is 2.17. The molecule has 2 N–H and O–H groups in total. The molecule has 0 atom stereocenters. The van der Waals surface area contributed by atoms with Gasteiger partial charge in [0.25, 0.3) is 5.91 Å². The summed E-state index contributed by atoms with van der Waals surface area (Å²) in [7, 11) is 2.16. The van der Waals surface area contributed by atoms with Crippen molar-refractivity contribution in [2.24, 2.45) is 0 Å². The maximum atomic E-state index is 13.1. The average molecular weight is 508 g/mol. The molecule has 1 aliphatic rings. The zero-order valence-corrected chi connectivity index (χ0v) is 23.0. The van der Waals surface area contributed by atoms with Gasteiger partial charge in [-0.15, -0.1) is 0 Å². The van der Waals surface area contributed by atoms with E-state index >= 15 is 0 Å². The zero-order chi connectivity index (χ0) is 26.8. The molecule has 6 heteroatoms. The van der Waals surface area contributed by atoms with Crippen molar-refractivity contribution in [2.45, 2.75) is 52.5 Å². The molecule has 0 spiro atoms. The lowest BCUT2D eigenvalue weighted by molar-refractivity contribution is 0.102. The summed E-state index contributed by atoms with van der Waals surface area (Å²) >= 11 is 0. The molecule has 0 saturated carbocycles. The number of rotatable bonds is 6. The Labute approximate surface area is 225 Å². The summed E-state index contributed by atoms with van der Waals surface area (Å²) in [5, 5.41) is 7.55. The van der Waals surface area contributed by atoms with E-state index in [0.29, 0.717) is 23.5 Å². The fraction of sp³-hybridized carbons (Fsp3) is 0.344. The van der Waals surface area contributed by atoms with Gasteiger partial charge in [-0.1, -0.05) is 32.0 Å². The monoisotopic (exact) mass is 507 g/mol. The molecule has 1 fully saturated rings. The molecule has 2 heterocycles. The van der Waals surface area contributed by atoms with Crippen LogP contribution in [0.1, 0.15) is 59.7 Å². The molecule has 1 aromatic heterocycles. The predicted octanol–water partition coefficient (Wildman–Crippen LogP) is 6.80. The molecule has 1 aliphatic heterocycles. The van der Waals surface area contributed by atoms with Gasteiger partial charge in [0.05, 0.1) is 5.52 Å². The van der Waals surface area contributed by atoms with Crippen molar-refractivity contribution in [3.63, 3.8) is 0 Å².